The number of allylic oxidation sites excluding steroid dienone is 1. The van der Waals surface area contributed by atoms with Gasteiger partial charge in [-0.3, -0.25) is 4.79 Å². The number of rotatable bonds is 7. The summed E-state index contributed by atoms with van der Waals surface area (Å²) in [6.07, 6.45) is 4.86. The highest BCUT2D eigenvalue weighted by atomic mass is 32.2. The van der Waals surface area contributed by atoms with E-state index in [9.17, 15) is 4.79 Å². The molecule has 1 unspecified atom stereocenters. The summed E-state index contributed by atoms with van der Waals surface area (Å²) < 4.78 is 0. The van der Waals surface area contributed by atoms with Crippen LogP contribution in [0.1, 0.15) is 26.2 Å². The molecule has 0 aromatic heterocycles. The van der Waals surface area contributed by atoms with Crippen LogP contribution in [0.25, 0.3) is 0 Å². The Bertz CT molecular complexity index is 332. The smallest absolute Gasteiger partial charge is 0.143 e. The second-order valence-corrected chi connectivity index (χ2v) is 5.03. The van der Waals surface area contributed by atoms with Crippen molar-refractivity contribution in [2.45, 2.75) is 36.3 Å². The minimum absolute atomic E-state index is 0.0855. The predicted molar refractivity (Wildman–Crippen MR) is 70.8 cm³/mol. The first-order valence-electron chi connectivity index (χ1n) is 5.57. The SMILES string of the molecule is C=CCCCC(Sc1ccccc1)C(C)=O. The number of thioether (sulfide) groups is 1. The highest BCUT2D eigenvalue weighted by molar-refractivity contribution is 8.00. The normalized spacial score (nSPS) is 12.1. The largest absolute Gasteiger partial charge is 0.299 e. The molecule has 0 saturated heterocycles. The quantitative estimate of drug-likeness (QED) is 0.401. The molecule has 16 heavy (non-hydrogen) atoms. The van der Waals surface area contributed by atoms with Gasteiger partial charge in [0.2, 0.25) is 0 Å². The molecule has 2 heteroatoms. The van der Waals surface area contributed by atoms with Gasteiger partial charge in [0.25, 0.3) is 0 Å². The van der Waals surface area contributed by atoms with Crippen LogP contribution >= 0.6 is 11.8 Å². The van der Waals surface area contributed by atoms with Crippen molar-refractivity contribution in [3.8, 4) is 0 Å². The maximum Gasteiger partial charge on any atom is 0.143 e. The molecule has 1 rings (SSSR count). The van der Waals surface area contributed by atoms with Crippen molar-refractivity contribution in [1.29, 1.82) is 0 Å². The Balaban J connectivity index is 2.51. The Morgan fingerprint density at radius 3 is 2.69 bits per heavy atom. The van der Waals surface area contributed by atoms with Gasteiger partial charge in [0.1, 0.15) is 5.78 Å². The van der Waals surface area contributed by atoms with Crippen LogP contribution < -0.4 is 0 Å². The van der Waals surface area contributed by atoms with Crippen molar-refractivity contribution < 1.29 is 4.79 Å². The lowest BCUT2D eigenvalue weighted by atomic mass is 10.1. The zero-order valence-electron chi connectivity index (χ0n) is 9.69. The van der Waals surface area contributed by atoms with E-state index in [0.717, 1.165) is 19.3 Å². The molecule has 0 aliphatic carbocycles. The number of hydrogen-bond donors (Lipinski definition) is 0. The van der Waals surface area contributed by atoms with Crippen molar-refractivity contribution >= 4 is 17.5 Å². The number of carbonyl (C=O) groups is 1. The Labute approximate surface area is 102 Å². The highest BCUT2D eigenvalue weighted by Gasteiger charge is 2.14. The summed E-state index contributed by atoms with van der Waals surface area (Å²) >= 11 is 1.66. The van der Waals surface area contributed by atoms with Crippen LogP contribution in [0.2, 0.25) is 0 Å². The van der Waals surface area contributed by atoms with E-state index in [0.29, 0.717) is 0 Å². The first kappa shape index (κ1) is 13.0. The number of Topliss-reactive ketones (excluding diaryl/α,β-unsaturated/α-hetero) is 1. The maximum atomic E-state index is 11.5. The van der Waals surface area contributed by atoms with E-state index in [1.54, 1.807) is 18.7 Å². The van der Waals surface area contributed by atoms with Gasteiger partial charge in [-0.25, -0.2) is 0 Å². The summed E-state index contributed by atoms with van der Waals surface area (Å²) in [6, 6.07) is 10.1. The average Bonchev–Trinajstić information content (AvgIpc) is 2.29. The third-order valence-electron chi connectivity index (χ3n) is 2.35. The Hall–Kier alpha value is -1.02. The third kappa shape index (κ3) is 4.67. The van der Waals surface area contributed by atoms with Gasteiger partial charge in [-0.05, 0) is 38.3 Å². The van der Waals surface area contributed by atoms with Crippen molar-refractivity contribution in [3.05, 3.63) is 43.0 Å². The second-order valence-electron chi connectivity index (χ2n) is 3.75. The molecular weight excluding hydrogens is 216 g/mol. The van der Waals surface area contributed by atoms with E-state index in [1.807, 2.05) is 36.4 Å². The number of benzene rings is 1. The first-order chi connectivity index (χ1) is 7.74. The highest BCUT2D eigenvalue weighted by Crippen LogP contribution is 2.27. The van der Waals surface area contributed by atoms with Gasteiger partial charge in [-0.2, -0.15) is 0 Å². The fourth-order valence-electron chi connectivity index (χ4n) is 1.46. The molecule has 0 saturated carbocycles. The molecule has 0 heterocycles. The topological polar surface area (TPSA) is 17.1 Å². The molecule has 86 valence electrons. The molecule has 1 atom stereocenters. The molecule has 0 spiro atoms. The lowest BCUT2D eigenvalue weighted by molar-refractivity contribution is -0.116. The fraction of sp³-hybridized carbons (Fsp3) is 0.357. The van der Waals surface area contributed by atoms with Crippen molar-refractivity contribution in [2.75, 3.05) is 0 Å². The lowest BCUT2D eigenvalue weighted by Crippen LogP contribution is -2.13. The first-order valence-corrected chi connectivity index (χ1v) is 6.45. The van der Waals surface area contributed by atoms with Gasteiger partial charge >= 0.3 is 0 Å². The van der Waals surface area contributed by atoms with Gasteiger partial charge in [0, 0.05) is 4.90 Å². The number of carbonyl (C=O) groups excluding carboxylic acids is 1. The Kier molecular flexibility index (Phi) is 5.94. The molecular formula is C14H18OS. The number of ketones is 1. The Morgan fingerprint density at radius 2 is 2.12 bits per heavy atom. The Morgan fingerprint density at radius 1 is 1.44 bits per heavy atom. The van der Waals surface area contributed by atoms with E-state index >= 15 is 0 Å². The van der Waals surface area contributed by atoms with Crippen LogP contribution in [-0.2, 0) is 4.79 Å². The van der Waals surface area contributed by atoms with Crippen LogP contribution in [0.5, 0.6) is 0 Å². The van der Waals surface area contributed by atoms with Crippen LogP contribution in [0.15, 0.2) is 47.9 Å². The standard InChI is InChI=1S/C14H18OS/c1-3-4-6-11-14(12(2)15)16-13-9-7-5-8-10-13/h3,5,7-10,14H,1,4,6,11H2,2H3. The monoisotopic (exact) mass is 234 g/mol. The van der Waals surface area contributed by atoms with Gasteiger partial charge in [0.05, 0.1) is 5.25 Å². The molecule has 0 fully saturated rings. The second kappa shape index (κ2) is 7.29. The van der Waals surface area contributed by atoms with Crippen molar-refractivity contribution in [1.82, 2.24) is 0 Å². The molecule has 0 bridgehead atoms. The van der Waals surface area contributed by atoms with Crippen LogP contribution in [0.4, 0.5) is 0 Å². The average molecular weight is 234 g/mol. The van der Waals surface area contributed by atoms with E-state index in [-0.39, 0.29) is 11.0 Å². The van der Waals surface area contributed by atoms with Crippen LogP contribution in [-0.4, -0.2) is 11.0 Å². The third-order valence-corrected chi connectivity index (χ3v) is 3.75. The van der Waals surface area contributed by atoms with Crippen LogP contribution in [0.3, 0.4) is 0 Å². The number of hydrogen-bond acceptors (Lipinski definition) is 2. The molecule has 0 N–H and O–H groups in total. The van der Waals surface area contributed by atoms with Gasteiger partial charge in [-0.1, -0.05) is 24.3 Å². The molecule has 0 radical (unpaired) electrons. The van der Waals surface area contributed by atoms with Crippen LogP contribution in [0, 0.1) is 0 Å². The molecule has 1 nitrogen and oxygen atoms in total. The summed E-state index contributed by atoms with van der Waals surface area (Å²) in [7, 11) is 0. The molecule has 0 aliphatic rings. The number of unbranched alkanes of at least 4 members (excludes halogenated alkanes) is 1. The molecule has 1 aromatic rings. The molecule has 0 aliphatic heterocycles. The summed E-state index contributed by atoms with van der Waals surface area (Å²) in [5.41, 5.74) is 0. The van der Waals surface area contributed by atoms with E-state index in [4.69, 9.17) is 0 Å². The van der Waals surface area contributed by atoms with E-state index in [1.165, 1.54) is 4.90 Å². The summed E-state index contributed by atoms with van der Waals surface area (Å²) in [5.74, 6) is 0.262. The zero-order chi connectivity index (χ0) is 11.8. The fourth-order valence-corrected chi connectivity index (χ4v) is 2.55. The van der Waals surface area contributed by atoms with Gasteiger partial charge in [0.15, 0.2) is 0 Å². The lowest BCUT2D eigenvalue weighted by Gasteiger charge is -2.12. The van der Waals surface area contributed by atoms with Gasteiger partial charge in [-0.15, -0.1) is 18.3 Å². The zero-order valence-corrected chi connectivity index (χ0v) is 10.5. The van der Waals surface area contributed by atoms with E-state index in [2.05, 4.69) is 6.58 Å². The van der Waals surface area contributed by atoms with Crippen molar-refractivity contribution in [3.63, 3.8) is 0 Å². The van der Waals surface area contributed by atoms with Crippen molar-refractivity contribution in [2.24, 2.45) is 0 Å². The molecule has 1 aromatic carbocycles. The minimum atomic E-state index is 0.0855. The summed E-state index contributed by atoms with van der Waals surface area (Å²) in [6.45, 7) is 5.37. The maximum absolute atomic E-state index is 11.5. The van der Waals surface area contributed by atoms with E-state index < -0.39 is 0 Å². The predicted octanol–water partition coefficient (Wildman–Crippen LogP) is 4.09. The minimum Gasteiger partial charge on any atom is -0.299 e. The summed E-state index contributed by atoms with van der Waals surface area (Å²) in [4.78, 5) is 12.7. The summed E-state index contributed by atoms with van der Waals surface area (Å²) in [5, 5.41) is 0.0855. The van der Waals surface area contributed by atoms with Gasteiger partial charge < -0.3 is 0 Å². The molecule has 0 amide bonds.